The van der Waals surface area contributed by atoms with E-state index in [9.17, 15) is 14.9 Å². The zero-order valence-electron chi connectivity index (χ0n) is 13.0. The second-order valence-electron chi connectivity index (χ2n) is 5.40. The van der Waals surface area contributed by atoms with E-state index in [2.05, 4.69) is 15.2 Å². The maximum absolute atomic E-state index is 12.3. The van der Waals surface area contributed by atoms with Crippen LogP contribution in [0.1, 0.15) is 0 Å². The number of pyridine rings is 1. The van der Waals surface area contributed by atoms with Gasteiger partial charge < -0.3 is 15.1 Å². The number of aromatic nitrogens is 1. The van der Waals surface area contributed by atoms with Crippen LogP contribution < -0.4 is 10.2 Å². The molecule has 124 valence electrons. The van der Waals surface area contributed by atoms with Gasteiger partial charge in [0.25, 0.3) is 5.69 Å². The Morgan fingerprint density at radius 3 is 2.58 bits per heavy atom. The Kier molecular flexibility index (Phi) is 4.55. The summed E-state index contributed by atoms with van der Waals surface area (Å²) in [7, 11) is 0. The number of nitrogens with zero attached hydrogens (tertiary/aromatic N) is 4. The first-order chi connectivity index (χ1) is 11.6. The van der Waals surface area contributed by atoms with Gasteiger partial charge in [-0.2, -0.15) is 0 Å². The zero-order chi connectivity index (χ0) is 16.9. The van der Waals surface area contributed by atoms with E-state index < -0.39 is 4.92 Å². The lowest BCUT2D eigenvalue weighted by Crippen LogP contribution is -2.50. The number of rotatable bonds is 3. The molecule has 0 aliphatic carbocycles. The van der Waals surface area contributed by atoms with Crippen LogP contribution in [0.3, 0.4) is 0 Å². The summed E-state index contributed by atoms with van der Waals surface area (Å²) in [5, 5.41) is 13.5. The van der Waals surface area contributed by atoms with Crippen molar-refractivity contribution in [2.45, 2.75) is 0 Å². The van der Waals surface area contributed by atoms with Crippen molar-refractivity contribution in [3.05, 3.63) is 58.8 Å². The number of amides is 2. The highest BCUT2D eigenvalue weighted by molar-refractivity contribution is 5.89. The molecule has 0 radical (unpaired) electrons. The van der Waals surface area contributed by atoms with Gasteiger partial charge in [-0.05, 0) is 18.2 Å². The minimum atomic E-state index is -0.485. The van der Waals surface area contributed by atoms with Crippen molar-refractivity contribution >= 4 is 23.2 Å². The molecule has 0 saturated carbocycles. The number of piperazine rings is 1. The van der Waals surface area contributed by atoms with Gasteiger partial charge in [0.15, 0.2) is 0 Å². The molecule has 8 heteroatoms. The van der Waals surface area contributed by atoms with Gasteiger partial charge in [-0.1, -0.05) is 12.1 Å². The van der Waals surface area contributed by atoms with Gasteiger partial charge in [-0.25, -0.2) is 9.78 Å². The van der Waals surface area contributed by atoms with Gasteiger partial charge in [-0.15, -0.1) is 0 Å². The minimum Gasteiger partial charge on any atom is -0.353 e. The van der Waals surface area contributed by atoms with Crippen molar-refractivity contribution in [2.75, 3.05) is 36.4 Å². The number of hydrogen-bond acceptors (Lipinski definition) is 5. The fourth-order valence-corrected chi connectivity index (χ4v) is 2.58. The van der Waals surface area contributed by atoms with E-state index in [1.807, 2.05) is 18.2 Å². The van der Waals surface area contributed by atoms with E-state index in [0.29, 0.717) is 31.9 Å². The average molecular weight is 327 g/mol. The molecule has 1 saturated heterocycles. The average Bonchev–Trinajstić information content (AvgIpc) is 2.63. The van der Waals surface area contributed by atoms with Crippen LogP contribution in [0.25, 0.3) is 0 Å². The van der Waals surface area contributed by atoms with E-state index in [1.165, 1.54) is 12.1 Å². The number of nitro benzene ring substituents is 1. The predicted octanol–water partition coefficient (Wildman–Crippen LogP) is 2.34. The van der Waals surface area contributed by atoms with Gasteiger partial charge in [0.1, 0.15) is 5.82 Å². The number of non-ortho nitro benzene ring substituents is 1. The molecule has 2 amide bonds. The number of nitro groups is 1. The SMILES string of the molecule is O=C(Nc1cccc([N+](=O)[O-])c1)N1CCN(c2ccccn2)CC1. The summed E-state index contributed by atoms with van der Waals surface area (Å²) in [6.45, 7) is 2.52. The second-order valence-corrected chi connectivity index (χ2v) is 5.40. The first-order valence-electron chi connectivity index (χ1n) is 7.60. The summed E-state index contributed by atoms with van der Waals surface area (Å²) in [6.07, 6.45) is 1.75. The molecule has 0 bridgehead atoms. The van der Waals surface area contributed by atoms with Crippen molar-refractivity contribution in [1.29, 1.82) is 0 Å². The van der Waals surface area contributed by atoms with Gasteiger partial charge in [0.2, 0.25) is 0 Å². The second kappa shape index (κ2) is 6.95. The van der Waals surface area contributed by atoms with Crippen molar-refractivity contribution in [2.24, 2.45) is 0 Å². The summed E-state index contributed by atoms with van der Waals surface area (Å²) >= 11 is 0. The van der Waals surface area contributed by atoms with Crippen LogP contribution in [0, 0.1) is 10.1 Å². The Morgan fingerprint density at radius 1 is 1.12 bits per heavy atom. The maximum atomic E-state index is 12.3. The van der Waals surface area contributed by atoms with E-state index >= 15 is 0 Å². The number of benzene rings is 1. The van der Waals surface area contributed by atoms with Crippen molar-refractivity contribution in [3.8, 4) is 0 Å². The summed E-state index contributed by atoms with van der Waals surface area (Å²) in [6, 6.07) is 11.4. The normalized spacial score (nSPS) is 14.3. The summed E-state index contributed by atoms with van der Waals surface area (Å²) in [5.74, 6) is 0.899. The maximum Gasteiger partial charge on any atom is 0.321 e. The smallest absolute Gasteiger partial charge is 0.321 e. The van der Waals surface area contributed by atoms with Crippen LogP contribution in [-0.2, 0) is 0 Å². The summed E-state index contributed by atoms with van der Waals surface area (Å²) < 4.78 is 0. The number of carbonyl (C=O) groups excluding carboxylic acids is 1. The lowest BCUT2D eigenvalue weighted by atomic mass is 10.3. The van der Waals surface area contributed by atoms with E-state index in [-0.39, 0.29) is 11.7 Å². The molecule has 1 aliphatic rings. The molecule has 24 heavy (non-hydrogen) atoms. The molecule has 1 aromatic heterocycles. The molecule has 3 rings (SSSR count). The third-order valence-corrected chi connectivity index (χ3v) is 3.85. The molecule has 0 spiro atoms. The first kappa shape index (κ1) is 15.7. The van der Waals surface area contributed by atoms with Crippen LogP contribution in [0.4, 0.5) is 22.0 Å². The molecule has 8 nitrogen and oxygen atoms in total. The van der Waals surface area contributed by atoms with Gasteiger partial charge >= 0.3 is 6.03 Å². The van der Waals surface area contributed by atoms with Crippen LogP contribution in [-0.4, -0.2) is 47.0 Å². The Bertz CT molecular complexity index is 730. The van der Waals surface area contributed by atoms with Gasteiger partial charge in [0.05, 0.1) is 4.92 Å². The summed E-state index contributed by atoms with van der Waals surface area (Å²) in [4.78, 5) is 30.7. The molecule has 0 atom stereocenters. The fraction of sp³-hybridized carbons (Fsp3) is 0.250. The molecule has 1 N–H and O–H groups in total. The highest BCUT2D eigenvalue weighted by atomic mass is 16.6. The fourth-order valence-electron chi connectivity index (χ4n) is 2.58. The third kappa shape index (κ3) is 3.60. The number of anilines is 2. The van der Waals surface area contributed by atoms with Crippen molar-refractivity contribution in [3.63, 3.8) is 0 Å². The number of carbonyl (C=O) groups is 1. The Hall–Kier alpha value is -3.16. The monoisotopic (exact) mass is 327 g/mol. The Morgan fingerprint density at radius 2 is 1.92 bits per heavy atom. The molecule has 2 heterocycles. The van der Waals surface area contributed by atoms with E-state index in [4.69, 9.17) is 0 Å². The Balaban J connectivity index is 1.57. The van der Waals surface area contributed by atoms with Gasteiger partial charge in [0, 0.05) is 50.2 Å². The minimum absolute atomic E-state index is 0.0484. The highest BCUT2D eigenvalue weighted by Gasteiger charge is 2.22. The number of nitrogens with one attached hydrogen (secondary N) is 1. The van der Waals surface area contributed by atoms with Crippen molar-refractivity contribution < 1.29 is 9.72 Å². The zero-order valence-corrected chi connectivity index (χ0v) is 13.0. The van der Waals surface area contributed by atoms with Gasteiger partial charge in [-0.3, -0.25) is 10.1 Å². The standard InChI is InChI=1S/C16H17N5O3/c22-16(18-13-4-3-5-14(12-13)21(23)24)20-10-8-19(9-11-20)15-6-1-2-7-17-15/h1-7,12H,8-11H2,(H,18,22). The highest BCUT2D eigenvalue weighted by Crippen LogP contribution is 2.18. The lowest BCUT2D eigenvalue weighted by molar-refractivity contribution is -0.384. The molecular formula is C16H17N5O3. The van der Waals surface area contributed by atoms with Crippen LogP contribution >= 0.6 is 0 Å². The van der Waals surface area contributed by atoms with Crippen LogP contribution in [0.5, 0.6) is 0 Å². The third-order valence-electron chi connectivity index (χ3n) is 3.85. The molecule has 1 aliphatic heterocycles. The Labute approximate surface area is 138 Å². The van der Waals surface area contributed by atoms with Crippen molar-refractivity contribution in [1.82, 2.24) is 9.88 Å². The quantitative estimate of drug-likeness (QED) is 0.690. The van der Waals surface area contributed by atoms with E-state index in [1.54, 1.807) is 23.2 Å². The largest absolute Gasteiger partial charge is 0.353 e. The molecule has 2 aromatic rings. The molecule has 1 aromatic carbocycles. The molecular weight excluding hydrogens is 310 g/mol. The number of hydrogen-bond donors (Lipinski definition) is 1. The summed E-state index contributed by atoms with van der Waals surface area (Å²) in [5.41, 5.74) is 0.370. The topological polar surface area (TPSA) is 91.6 Å². The van der Waals surface area contributed by atoms with E-state index in [0.717, 1.165) is 5.82 Å². The predicted molar refractivity (Wildman–Crippen MR) is 90.1 cm³/mol. The molecule has 1 fully saturated rings. The molecule has 0 unspecified atom stereocenters. The first-order valence-corrected chi connectivity index (χ1v) is 7.60. The number of urea groups is 1. The van der Waals surface area contributed by atoms with Crippen LogP contribution in [0.15, 0.2) is 48.7 Å². The van der Waals surface area contributed by atoms with Crippen LogP contribution in [0.2, 0.25) is 0 Å². The lowest BCUT2D eigenvalue weighted by Gasteiger charge is -2.35.